The summed E-state index contributed by atoms with van der Waals surface area (Å²) in [6.07, 6.45) is 0. The molecule has 0 aliphatic heterocycles. The van der Waals surface area contributed by atoms with E-state index in [1.54, 1.807) is 24.3 Å². The molecule has 0 saturated carbocycles. The molecule has 22 heavy (non-hydrogen) atoms. The molecule has 3 N–H and O–H groups in total. The summed E-state index contributed by atoms with van der Waals surface area (Å²) < 4.78 is 4.97. The molecule has 0 heterocycles. The first-order valence-electron chi connectivity index (χ1n) is 6.85. The first-order chi connectivity index (χ1) is 10.5. The minimum absolute atomic E-state index is 0.252. The third-order valence-corrected chi connectivity index (χ3v) is 3.02. The maximum atomic E-state index is 11.8. The van der Waals surface area contributed by atoms with Crippen LogP contribution in [0.15, 0.2) is 42.5 Å². The number of rotatable bonds is 4. The third-order valence-electron chi connectivity index (χ3n) is 3.02. The molecule has 114 valence electrons. The largest absolute Gasteiger partial charge is 0.452 e. The smallest absolute Gasteiger partial charge is 0.340 e. The van der Waals surface area contributed by atoms with Gasteiger partial charge >= 0.3 is 5.97 Å². The number of aryl methyl sites for hydroxylation is 2. The van der Waals surface area contributed by atoms with Crippen LogP contribution in [-0.2, 0) is 9.53 Å². The zero-order chi connectivity index (χ0) is 16.1. The highest BCUT2D eigenvalue weighted by Crippen LogP contribution is 2.14. The maximum absolute atomic E-state index is 11.8. The molecule has 2 rings (SSSR count). The number of carbonyl (C=O) groups is 2. The van der Waals surface area contributed by atoms with Crippen molar-refractivity contribution in [2.45, 2.75) is 13.8 Å². The number of amides is 1. The molecule has 0 aromatic heterocycles. The van der Waals surface area contributed by atoms with Crippen LogP contribution in [0, 0.1) is 13.8 Å². The average molecular weight is 298 g/mol. The number of para-hydroxylation sites is 1. The third kappa shape index (κ3) is 4.09. The summed E-state index contributed by atoms with van der Waals surface area (Å²) in [5, 5.41) is 2.70. The van der Waals surface area contributed by atoms with E-state index in [2.05, 4.69) is 5.32 Å². The van der Waals surface area contributed by atoms with Crippen molar-refractivity contribution >= 4 is 23.3 Å². The van der Waals surface area contributed by atoms with Gasteiger partial charge in [0, 0.05) is 11.4 Å². The van der Waals surface area contributed by atoms with E-state index in [1.807, 2.05) is 32.0 Å². The minimum Gasteiger partial charge on any atom is -0.452 e. The standard InChI is InChI=1S/C17H18N2O3/c1-11-7-12(2)9-13(8-11)19-16(20)10-22-17(21)14-5-3-4-6-15(14)18/h3-9H,10,18H2,1-2H3,(H,19,20). The summed E-state index contributed by atoms with van der Waals surface area (Å²) in [6, 6.07) is 12.3. The van der Waals surface area contributed by atoms with Gasteiger partial charge in [-0.3, -0.25) is 4.79 Å². The second kappa shape index (κ2) is 6.76. The average Bonchev–Trinajstić information content (AvgIpc) is 2.44. The Morgan fingerprint density at radius 1 is 1.09 bits per heavy atom. The quantitative estimate of drug-likeness (QED) is 0.671. The summed E-state index contributed by atoms with van der Waals surface area (Å²) in [5.41, 5.74) is 9.03. The van der Waals surface area contributed by atoms with Crippen molar-refractivity contribution in [1.29, 1.82) is 0 Å². The first-order valence-corrected chi connectivity index (χ1v) is 6.85. The molecule has 0 saturated heterocycles. The fourth-order valence-electron chi connectivity index (χ4n) is 2.14. The van der Waals surface area contributed by atoms with Crippen molar-refractivity contribution in [2.24, 2.45) is 0 Å². The lowest BCUT2D eigenvalue weighted by Crippen LogP contribution is -2.21. The van der Waals surface area contributed by atoms with Gasteiger partial charge in [0.05, 0.1) is 5.56 Å². The Labute approximate surface area is 129 Å². The molecule has 5 heteroatoms. The van der Waals surface area contributed by atoms with E-state index in [4.69, 9.17) is 10.5 Å². The van der Waals surface area contributed by atoms with Gasteiger partial charge < -0.3 is 15.8 Å². The van der Waals surface area contributed by atoms with Crippen LogP contribution in [0.4, 0.5) is 11.4 Å². The second-order valence-corrected chi connectivity index (χ2v) is 5.09. The van der Waals surface area contributed by atoms with Gasteiger partial charge in [0.25, 0.3) is 5.91 Å². The van der Waals surface area contributed by atoms with Crippen LogP contribution in [-0.4, -0.2) is 18.5 Å². The summed E-state index contributed by atoms with van der Waals surface area (Å²) in [7, 11) is 0. The highest BCUT2D eigenvalue weighted by atomic mass is 16.5. The summed E-state index contributed by atoms with van der Waals surface area (Å²) in [5.74, 6) is -1.01. The molecule has 5 nitrogen and oxygen atoms in total. The van der Waals surface area contributed by atoms with Gasteiger partial charge in [0.1, 0.15) is 0 Å². The number of nitrogen functional groups attached to an aromatic ring is 1. The molecular weight excluding hydrogens is 280 g/mol. The number of nitrogens with two attached hydrogens (primary N) is 1. The van der Waals surface area contributed by atoms with E-state index < -0.39 is 11.9 Å². The van der Waals surface area contributed by atoms with Crippen molar-refractivity contribution in [3.63, 3.8) is 0 Å². The highest BCUT2D eigenvalue weighted by molar-refractivity contribution is 5.98. The van der Waals surface area contributed by atoms with Gasteiger partial charge in [0.2, 0.25) is 0 Å². The van der Waals surface area contributed by atoms with E-state index in [-0.39, 0.29) is 12.2 Å². The predicted octanol–water partition coefficient (Wildman–Crippen LogP) is 2.68. The number of hydrogen-bond acceptors (Lipinski definition) is 4. The van der Waals surface area contributed by atoms with Crippen LogP contribution in [0.1, 0.15) is 21.5 Å². The second-order valence-electron chi connectivity index (χ2n) is 5.09. The fraction of sp³-hybridized carbons (Fsp3) is 0.176. The molecule has 0 atom stereocenters. The summed E-state index contributed by atoms with van der Waals surface area (Å²) in [6.45, 7) is 3.53. The maximum Gasteiger partial charge on any atom is 0.340 e. The van der Waals surface area contributed by atoms with E-state index in [0.717, 1.165) is 11.1 Å². The Bertz CT molecular complexity index is 691. The zero-order valence-corrected chi connectivity index (χ0v) is 12.6. The highest BCUT2D eigenvalue weighted by Gasteiger charge is 2.12. The van der Waals surface area contributed by atoms with E-state index in [0.29, 0.717) is 11.4 Å². The molecule has 0 aliphatic carbocycles. The molecular formula is C17H18N2O3. The van der Waals surface area contributed by atoms with Crippen molar-refractivity contribution in [3.8, 4) is 0 Å². The van der Waals surface area contributed by atoms with Crippen molar-refractivity contribution in [3.05, 3.63) is 59.2 Å². The fourth-order valence-corrected chi connectivity index (χ4v) is 2.14. The normalized spacial score (nSPS) is 10.1. The summed E-state index contributed by atoms with van der Waals surface area (Å²) >= 11 is 0. The molecule has 1 amide bonds. The van der Waals surface area contributed by atoms with Crippen LogP contribution in [0.2, 0.25) is 0 Å². The van der Waals surface area contributed by atoms with Gasteiger partial charge in [-0.1, -0.05) is 18.2 Å². The number of nitrogens with one attached hydrogen (secondary N) is 1. The molecule has 0 fully saturated rings. The number of carbonyl (C=O) groups excluding carboxylic acids is 2. The molecule has 2 aromatic rings. The monoisotopic (exact) mass is 298 g/mol. The number of esters is 1. The van der Waals surface area contributed by atoms with Crippen LogP contribution in [0.25, 0.3) is 0 Å². The predicted molar refractivity (Wildman–Crippen MR) is 85.7 cm³/mol. The number of anilines is 2. The Kier molecular flexibility index (Phi) is 4.78. The zero-order valence-electron chi connectivity index (χ0n) is 12.6. The Balaban J connectivity index is 1.93. The number of ether oxygens (including phenoxy) is 1. The SMILES string of the molecule is Cc1cc(C)cc(NC(=O)COC(=O)c2ccccc2N)c1. The van der Waals surface area contributed by atoms with Crippen LogP contribution >= 0.6 is 0 Å². The minimum atomic E-state index is -0.617. The van der Waals surface area contributed by atoms with E-state index in [9.17, 15) is 9.59 Å². The van der Waals surface area contributed by atoms with Gasteiger partial charge in [-0.05, 0) is 49.2 Å². The molecule has 0 radical (unpaired) electrons. The Morgan fingerprint density at radius 3 is 2.36 bits per heavy atom. The number of hydrogen-bond donors (Lipinski definition) is 2. The van der Waals surface area contributed by atoms with Crippen LogP contribution < -0.4 is 11.1 Å². The van der Waals surface area contributed by atoms with Crippen LogP contribution in [0.3, 0.4) is 0 Å². The topological polar surface area (TPSA) is 81.4 Å². The van der Waals surface area contributed by atoms with Gasteiger partial charge in [-0.15, -0.1) is 0 Å². The van der Waals surface area contributed by atoms with Crippen LogP contribution in [0.5, 0.6) is 0 Å². The van der Waals surface area contributed by atoms with Crippen molar-refractivity contribution < 1.29 is 14.3 Å². The molecule has 0 bridgehead atoms. The van der Waals surface area contributed by atoms with Gasteiger partial charge in [-0.25, -0.2) is 4.79 Å². The van der Waals surface area contributed by atoms with Gasteiger partial charge in [-0.2, -0.15) is 0 Å². The lowest BCUT2D eigenvalue weighted by Gasteiger charge is -2.09. The molecule has 0 spiro atoms. The van der Waals surface area contributed by atoms with E-state index >= 15 is 0 Å². The van der Waals surface area contributed by atoms with Gasteiger partial charge in [0.15, 0.2) is 6.61 Å². The lowest BCUT2D eigenvalue weighted by atomic mass is 10.1. The van der Waals surface area contributed by atoms with Crippen molar-refractivity contribution in [1.82, 2.24) is 0 Å². The van der Waals surface area contributed by atoms with Crippen molar-refractivity contribution in [2.75, 3.05) is 17.7 Å². The summed E-state index contributed by atoms with van der Waals surface area (Å²) in [4.78, 5) is 23.7. The Morgan fingerprint density at radius 2 is 1.73 bits per heavy atom. The molecule has 0 unspecified atom stereocenters. The molecule has 2 aromatic carbocycles. The van der Waals surface area contributed by atoms with E-state index in [1.165, 1.54) is 0 Å². The molecule has 0 aliphatic rings. The number of benzene rings is 2. The lowest BCUT2D eigenvalue weighted by molar-refractivity contribution is -0.119. The first kappa shape index (κ1) is 15.6. The Hall–Kier alpha value is -2.82.